The number of hydrogen-bond donors (Lipinski definition) is 0. The highest BCUT2D eigenvalue weighted by molar-refractivity contribution is 6.00. The van der Waals surface area contributed by atoms with Crippen molar-refractivity contribution in [3.05, 3.63) is 47.5 Å². The Morgan fingerprint density at radius 1 is 1.31 bits per heavy atom. The van der Waals surface area contributed by atoms with Crippen LogP contribution in [-0.4, -0.2) is 49.9 Å². The predicted octanol–water partition coefficient (Wildman–Crippen LogP) is 1.94. The van der Waals surface area contributed by atoms with Crippen molar-refractivity contribution in [2.75, 3.05) is 6.54 Å². The summed E-state index contributed by atoms with van der Waals surface area (Å²) in [6, 6.07) is 2.05. The van der Waals surface area contributed by atoms with Gasteiger partial charge in [0.15, 0.2) is 5.78 Å². The predicted molar refractivity (Wildman–Crippen MR) is 97.7 cm³/mol. The summed E-state index contributed by atoms with van der Waals surface area (Å²) >= 11 is 0. The first-order chi connectivity index (χ1) is 13.8. The highest BCUT2D eigenvalue weighted by Gasteiger charge is 2.47. The van der Waals surface area contributed by atoms with Gasteiger partial charge in [0, 0.05) is 50.5 Å². The van der Waals surface area contributed by atoms with Crippen molar-refractivity contribution in [1.29, 1.82) is 5.26 Å². The van der Waals surface area contributed by atoms with Crippen LogP contribution in [0.25, 0.3) is 0 Å². The molecule has 1 aliphatic heterocycles. The number of alkyl halides is 2. The van der Waals surface area contributed by atoms with Gasteiger partial charge in [-0.25, -0.2) is 8.78 Å². The Kier molecular flexibility index (Phi) is 5.69. The van der Waals surface area contributed by atoms with E-state index in [1.807, 2.05) is 0 Å². The van der Waals surface area contributed by atoms with E-state index in [4.69, 9.17) is 5.26 Å². The van der Waals surface area contributed by atoms with E-state index in [1.165, 1.54) is 18.5 Å². The fourth-order valence-corrected chi connectivity index (χ4v) is 3.06. The normalized spacial score (nSPS) is 17.3. The highest BCUT2D eigenvalue weighted by atomic mass is 19.3. The molecule has 1 amide bonds. The molecule has 0 saturated carbocycles. The van der Waals surface area contributed by atoms with Crippen LogP contribution in [0.3, 0.4) is 0 Å². The second-order valence-corrected chi connectivity index (χ2v) is 6.72. The van der Waals surface area contributed by atoms with E-state index < -0.39 is 30.8 Å². The third kappa shape index (κ3) is 4.82. The molecule has 9 heteroatoms. The topological polar surface area (TPSA) is 91.9 Å². The summed E-state index contributed by atoms with van der Waals surface area (Å²) < 4.78 is 28.6. The van der Waals surface area contributed by atoms with E-state index >= 15 is 0 Å². The number of ketones is 1. The summed E-state index contributed by atoms with van der Waals surface area (Å²) in [6.45, 7) is -0.796. The summed E-state index contributed by atoms with van der Waals surface area (Å²) in [6.07, 6.45) is 5.08. The minimum absolute atomic E-state index is 0.176. The van der Waals surface area contributed by atoms with Crippen molar-refractivity contribution in [3.8, 4) is 17.9 Å². The first kappa shape index (κ1) is 20.2. The second-order valence-electron chi connectivity index (χ2n) is 6.72. The van der Waals surface area contributed by atoms with Crippen LogP contribution in [0.5, 0.6) is 0 Å². The molecule has 29 heavy (non-hydrogen) atoms. The number of rotatable bonds is 4. The molecule has 0 N–H and O–H groups in total. The molecule has 0 aliphatic carbocycles. The van der Waals surface area contributed by atoms with Crippen LogP contribution >= 0.6 is 0 Å². The monoisotopic (exact) mass is 397 g/mol. The number of nitrogens with zero attached hydrogens (tertiary/aromatic N) is 5. The number of aryl methyl sites for hydroxylation is 1. The van der Waals surface area contributed by atoms with Gasteiger partial charge in [-0.1, -0.05) is 11.8 Å². The zero-order chi connectivity index (χ0) is 21.0. The quantitative estimate of drug-likeness (QED) is 0.581. The van der Waals surface area contributed by atoms with Crippen molar-refractivity contribution in [1.82, 2.24) is 19.7 Å². The van der Waals surface area contributed by atoms with Gasteiger partial charge < -0.3 is 4.90 Å². The van der Waals surface area contributed by atoms with Gasteiger partial charge in [0.25, 0.3) is 5.92 Å². The largest absolute Gasteiger partial charge is 0.320 e. The lowest BCUT2D eigenvalue weighted by molar-refractivity contribution is -0.132. The van der Waals surface area contributed by atoms with Gasteiger partial charge in [0.1, 0.15) is 6.04 Å². The molecular weight excluding hydrogens is 380 g/mol. The Bertz CT molecular complexity index is 1040. The molecule has 148 valence electrons. The number of carbonyl (C=O) groups is 2. The summed E-state index contributed by atoms with van der Waals surface area (Å²) in [5.74, 6) is 1.68. The van der Waals surface area contributed by atoms with Crippen molar-refractivity contribution < 1.29 is 18.4 Å². The molecule has 3 rings (SSSR count). The molecular formula is C20H17F2N5O2. The van der Waals surface area contributed by atoms with Gasteiger partial charge in [0.2, 0.25) is 5.91 Å². The van der Waals surface area contributed by atoms with Crippen LogP contribution in [0.1, 0.15) is 40.7 Å². The molecule has 1 saturated heterocycles. The third-order valence-electron chi connectivity index (χ3n) is 4.47. The van der Waals surface area contributed by atoms with Crippen LogP contribution in [0.15, 0.2) is 30.9 Å². The minimum atomic E-state index is -3.08. The maximum Gasteiger partial charge on any atom is 0.268 e. The van der Waals surface area contributed by atoms with Crippen LogP contribution in [0.4, 0.5) is 8.78 Å². The van der Waals surface area contributed by atoms with E-state index in [0.717, 1.165) is 4.90 Å². The molecule has 1 fully saturated rings. The SMILES string of the molecule is Cn1cc(C#Cc2cnccc2C(=O)CCC(=O)N2CC(F)(F)C[C@H]2C#N)cn1. The van der Waals surface area contributed by atoms with Crippen LogP contribution in [0, 0.1) is 23.2 Å². The van der Waals surface area contributed by atoms with Crippen LogP contribution < -0.4 is 0 Å². The number of hydrogen-bond acceptors (Lipinski definition) is 5. The molecule has 7 nitrogen and oxygen atoms in total. The molecule has 0 spiro atoms. The second kappa shape index (κ2) is 8.19. The first-order valence-corrected chi connectivity index (χ1v) is 8.84. The fourth-order valence-electron chi connectivity index (χ4n) is 3.06. The number of likely N-dealkylation sites (tertiary alicyclic amines) is 1. The number of carbonyl (C=O) groups excluding carboxylic acids is 2. The first-order valence-electron chi connectivity index (χ1n) is 8.84. The van der Waals surface area contributed by atoms with E-state index in [-0.39, 0.29) is 18.6 Å². The number of aromatic nitrogens is 3. The van der Waals surface area contributed by atoms with E-state index in [0.29, 0.717) is 16.7 Å². The Hall–Kier alpha value is -3.59. The van der Waals surface area contributed by atoms with Gasteiger partial charge >= 0.3 is 0 Å². The Balaban J connectivity index is 1.68. The lowest BCUT2D eigenvalue weighted by Crippen LogP contribution is -2.36. The lowest BCUT2D eigenvalue weighted by Gasteiger charge is -2.18. The van der Waals surface area contributed by atoms with Crippen molar-refractivity contribution in [2.24, 2.45) is 7.05 Å². The maximum atomic E-state index is 13.5. The summed E-state index contributed by atoms with van der Waals surface area (Å²) in [5, 5.41) is 13.0. The molecule has 1 atom stereocenters. The minimum Gasteiger partial charge on any atom is -0.320 e. The Morgan fingerprint density at radius 3 is 2.79 bits per heavy atom. The van der Waals surface area contributed by atoms with Crippen LogP contribution in [0.2, 0.25) is 0 Å². The van der Waals surface area contributed by atoms with E-state index in [2.05, 4.69) is 21.9 Å². The number of pyridine rings is 1. The Labute approximate surface area is 165 Å². The number of halogens is 2. The standard InChI is InChI=1S/C20H17F2N5O2/c1-26-12-14(10-25-26)2-3-15-11-24-7-6-17(15)18(28)4-5-19(29)27-13-20(21,22)8-16(27)9-23/h6-7,10-12,16H,4-5,8,13H2,1H3/t16-/m0/s1. The zero-order valence-electron chi connectivity index (χ0n) is 15.6. The van der Waals surface area contributed by atoms with E-state index in [9.17, 15) is 18.4 Å². The molecule has 0 radical (unpaired) electrons. The Morgan fingerprint density at radius 2 is 2.10 bits per heavy atom. The number of Topliss-reactive ketones (excluding diaryl/α,β-unsaturated/α-hetero) is 1. The fraction of sp³-hybridized carbons (Fsp3) is 0.350. The molecule has 3 heterocycles. The third-order valence-corrected chi connectivity index (χ3v) is 4.47. The van der Waals surface area contributed by atoms with Gasteiger partial charge in [-0.3, -0.25) is 19.3 Å². The van der Waals surface area contributed by atoms with Gasteiger partial charge in [0.05, 0.1) is 29.9 Å². The maximum absolute atomic E-state index is 13.5. The molecule has 0 bridgehead atoms. The average Bonchev–Trinajstić information content (AvgIpc) is 3.26. The average molecular weight is 397 g/mol. The molecule has 2 aromatic rings. The molecule has 0 aromatic carbocycles. The molecule has 2 aromatic heterocycles. The lowest BCUT2D eigenvalue weighted by atomic mass is 10.0. The summed E-state index contributed by atoms with van der Waals surface area (Å²) in [7, 11) is 1.76. The highest BCUT2D eigenvalue weighted by Crippen LogP contribution is 2.32. The van der Waals surface area contributed by atoms with Crippen molar-refractivity contribution >= 4 is 11.7 Å². The van der Waals surface area contributed by atoms with Gasteiger partial charge in [-0.2, -0.15) is 10.4 Å². The summed E-state index contributed by atoms with van der Waals surface area (Å²) in [5.41, 5.74) is 1.37. The smallest absolute Gasteiger partial charge is 0.268 e. The van der Waals surface area contributed by atoms with Gasteiger partial charge in [-0.15, -0.1) is 0 Å². The molecule has 1 aliphatic rings. The zero-order valence-corrected chi connectivity index (χ0v) is 15.6. The van der Waals surface area contributed by atoms with E-state index in [1.54, 1.807) is 30.2 Å². The summed E-state index contributed by atoms with van der Waals surface area (Å²) in [4.78, 5) is 29.7. The van der Waals surface area contributed by atoms with Crippen molar-refractivity contribution in [3.63, 3.8) is 0 Å². The van der Waals surface area contributed by atoms with Gasteiger partial charge in [-0.05, 0) is 6.07 Å². The number of amides is 1. The van der Waals surface area contributed by atoms with Crippen LogP contribution in [-0.2, 0) is 11.8 Å². The van der Waals surface area contributed by atoms with Crippen molar-refractivity contribution in [2.45, 2.75) is 31.2 Å². The number of nitriles is 1. The molecule has 0 unspecified atom stereocenters.